The first-order chi connectivity index (χ1) is 10.1. The molecule has 1 aromatic carbocycles. The Balaban J connectivity index is 3.31. The molecule has 0 radical (unpaired) electrons. The minimum Gasteiger partial charge on any atom is -0.463 e. The molecule has 1 rings (SSSR count). The lowest BCUT2D eigenvalue weighted by molar-refractivity contribution is -0.207. The van der Waals surface area contributed by atoms with Crippen LogP contribution in [0, 0.1) is 5.82 Å². The SMILES string of the molecule is CCOC(=O)[C@](NC(C)=O)(Nc1ccc(F)cc1)C(F)(F)F. The minimum atomic E-state index is -5.20. The molecule has 0 heterocycles. The zero-order valence-electron chi connectivity index (χ0n) is 11.8. The quantitative estimate of drug-likeness (QED) is 0.495. The molecule has 122 valence electrons. The Labute approximate surface area is 123 Å². The number of amides is 1. The number of alkyl halides is 3. The highest BCUT2D eigenvalue weighted by atomic mass is 19.4. The molecule has 0 spiro atoms. The van der Waals surface area contributed by atoms with E-state index < -0.39 is 29.5 Å². The summed E-state index contributed by atoms with van der Waals surface area (Å²) in [6.07, 6.45) is -5.20. The summed E-state index contributed by atoms with van der Waals surface area (Å²) in [6, 6.07) is 3.80. The van der Waals surface area contributed by atoms with Crippen molar-refractivity contribution in [2.45, 2.75) is 25.7 Å². The predicted molar refractivity (Wildman–Crippen MR) is 69.3 cm³/mol. The van der Waals surface area contributed by atoms with Crippen LogP contribution < -0.4 is 10.6 Å². The molecule has 0 aliphatic rings. The zero-order valence-corrected chi connectivity index (χ0v) is 11.8. The number of rotatable bonds is 5. The molecule has 9 heteroatoms. The molecule has 0 bridgehead atoms. The van der Waals surface area contributed by atoms with E-state index in [0.717, 1.165) is 31.2 Å². The van der Waals surface area contributed by atoms with Crippen LogP contribution >= 0.6 is 0 Å². The van der Waals surface area contributed by atoms with Gasteiger partial charge in [-0.15, -0.1) is 0 Å². The summed E-state index contributed by atoms with van der Waals surface area (Å²) < 4.78 is 57.5. The Kier molecular flexibility index (Phi) is 5.34. The third-order valence-electron chi connectivity index (χ3n) is 2.55. The van der Waals surface area contributed by atoms with E-state index in [1.807, 2.05) is 5.32 Å². The molecule has 1 aromatic rings. The summed E-state index contributed by atoms with van der Waals surface area (Å²) in [4.78, 5) is 23.0. The molecule has 2 N–H and O–H groups in total. The molecular formula is C13H14F4N2O3. The van der Waals surface area contributed by atoms with Gasteiger partial charge in [0.15, 0.2) is 0 Å². The lowest BCUT2D eigenvalue weighted by Gasteiger charge is -2.35. The largest absolute Gasteiger partial charge is 0.463 e. The van der Waals surface area contributed by atoms with Crippen LogP contribution in [0.25, 0.3) is 0 Å². The number of anilines is 1. The number of esters is 1. The molecule has 0 aliphatic heterocycles. The number of nitrogens with one attached hydrogen (secondary N) is 2. The maximum absolute atomic E-state index is 13.4. The average Bonchev–Trinajstić information content (AvgIpc) is 2.39. The monoisotopic (exact) mass is 322 g/mol. The lowest BCUT2D eigenvalue weighted by atomic mass is 10.1. The van der Waals surface area contributed by atoms with E-state index >= 15 is 0 Å². The van der Waals surface area contributed by atoms with Crippen LogP contribution in [-0.4, -0.2) is 30.3 Å². The molecule has 0 aliphatic carbocycles. The highest BCUT2D eigenvalue weighted by Crippen LogP contribution is 2.33. The van der Waals surface area contributed by atoms with Crippen molar-refractivity contribution in [2.75, 3.05) is 11.9 Å². The maximum Gasteiger partial charge on any atom is 0.441 e. The Morgan fingerprint density at radius 1 is 1.18 bits per heavy atom. The standard InChI is InChI=1S/C13H14F4N2O3/c1-3-22-11(21)12(13(15,16)17,18-8(2)20)19-10-6-4-9(14)5-7-10/h4-7,19H,3H2,1-2H3,(H,18,20)/t12-/m0/s1. The van der Waals surface area contributed by atoms with Crippen molar-refractivity contribution in [3.63, 3.8) is 0 Å². The summed E-state index contributed by atoms with van der Waals surface area (Å²) in [5.74, 6) is -3.49. The molecule has 1 atom stereocenters. The number of carbonyl (C=O) groups is 2. The van der Waals surface area contributed by atoms with E-state index in [2.05, 4.69) is 4.74 Å². The second kappa shape index (κ2) is 6.63. The van der Waals surface area contributed by atoms with Crippen molar-refractivity contribution in [3.05, 3.63) is 30.1 Å². The molecule has 22 heavy (non-hydrogen) atoms. The van der Waals surface area contributed by atoms with Crippen molar-refractivity contribution in [2.24, 2.45) is 0 Å². The van der Waals surface area contributed by atoms with E-state index in [0.29, 0.717) is 0 Å². The van der Waals surface area contributed by atoms with Gasteiger partial charge in [0.2, 0.25) is 5.91 Å². The van der Waals surface area contributed by atoms with E-state index in [9.17, 15) is 27.2 Å². The first kappa shape index (κ1) is 17.7. The zero-order chi connectivity index (χ0) is 17.0. The van der Waals surface area contributed by atoms with Gasteiger partial charge in [-0.05, 0) is 31.2 Å². The molecule has 1 amide bonds. The molecule has 0 aromatic heterocycles. The number of benzene rings is 1. The topological polar surface area (TPSA) is 67.4 Å². The fourth-order valence-electron chi connectivity index (χ4n) is 1.64. The van der Waals surface area contributed by atoms with Crippen LogP contribution in [-0.2, 0) is 14.3 Å². The van der Waals surface area contributed by atoms with Crippen molar-refractivity contribution < 1.29 is 31.9 Å². The van der Waals surface area contributed by atoms with Gasteiger partial charge < -0.3 is 15.4 Å². The highest BCUT2D eigenvalue weighted by Gasteiger charge is 2.63. The smallest absolute Gasteiger partial charge is 0.441 e. The Morgan fingerprint density at radius 2 is 1.73 bits per heavy atom. The summed E-state index contributed by atoms with van der Waals surface area (Å²) >= 11 is 0. The van der Waals surface area contributed by atoms with Crippen LogP contribution in [0.4, 0.5) is 23.2 Å². The average molecular weight is 322 g/mol. The van der Waals surface area contributed by atoms with Crippen LogP contribution in [0.3, 0.4) is 0 Å². The second-order valence-corrected chi connectivity index (χ2v) is 4.28. The maximum atomic E-state index is 13.4. The van der Waals surface area contributed by atoms with Gasteiger partial charge in [-0.25, -0.2) is 9.18 Å². The number of halogens is 4. The predicted octanol–water partition coefficient (Wildman–Crippen LogP) is 2.20. The number of carbonyl (C=O) groups excluding carboxylic acids is 2. The summed E-state index contributed by atoms with van der Waals surface area (Å²) in [6.45, 7) is 1.83. The van der Waals surface area contributed by atoms with Crippen molar-refractivity contribution in [1.29, 1.82) is 0 Å². The van der Waals surface area contributed by atoms with Crippen LogP contribution in [0.2, 0.25) is 0 Å². The van der Waals surface area contributed by atoms with Crippen LogP contribution in [0.5, 0.6) is 0 Å². The Bertz CT molecular complexity index is 545. The lowest BCUT2D eigenvalue weighted by Crippen LogP contribution is -2.69. The second-order valence-electron chi connectivity index (χ2n) is 4.28. The summed E-state index contributed by atoms with van der Waals surface area (Å²) in [5, 5.41) is 3.42. The first-order valence-electron chi connectivity index (χ1n) is 6.19. The van der Waals surface area contributed by atoms with Crippen molar-refractivity contribution >= 4 is 17.6 Å². The van der Waals surface area contributed by atoms with Crippen molar-refractivity contribution in [1.82, 2.24) is 5.32 Å². The number of hydrogen-bond acceptors (Lipinski definition) is 4. The van der Waals surface area contributed by atoms with Gasteiger partial charge in [0.1, 0.15) is 5.82 Å². The van der Waals surface area contributed by atoms with Crippen LogP contribution in [0.1, 0.15) is 13.8 Å². The van der Waals surface area contributed by atoms with Gasteiger partial charge in [-0.3, -0.25) is 4.79 Å². The summed E-state index contributed by atoms with van der Waals surface area (Å²) in [7, 11) is 0. The fourth-order valence-corrected chi connectivity index (χ4v) is 1.64. The molecule has 0 saturated carbocycles. The van der Waals surface area contributed by atoms with Gasteiger partial charge in [0.25, 0.3) is 0 Å². The molecule has 0 fully saturated rings. The first-order valence-corrected chi connectivity index (χ1v) is 6.19. The Hall–Kier alpha value is -2.32. The normalized spacial score (nSPS) is 13.9. The molecule has 0 unspecified atom stereocenters. The third-order valence-corrected chi connectivity index (χ3v) is 2.55. The summed E-state index contributed by atoms with van der Waals surface area (Å²) in [5.41, 5.74) is -3.69. The minimum absolute atomic E-state index is 0.222. The van der Waals surface area contributed by atoms with Crippen LogP contribution in [0.15, 0.2) is 24.3 Å². The molecule has 0 saturated heterocycles. The Morgan fingerprint density at radius 3 is 2.14 bits per heavy atom. The molecular weight excluding hydrogens is 308 g/mol. The van der Waals surface area contributed by atoms with E-state index in [4.69, 9.17) is 0 Å². The fraction of sp³-hybridized carbons (Fsp3) is 0.385. The third kappa shape index (κ3) is 3.86. The van der Waals surface area contributed by atoms with Gasteiger partial charge in [0.05, 0.1) is 6.61 Å². The van der Waals surface area contributed by atoms with E-state index in [-0.39, 0.29) is 12.3 Å². The van der Waals surface area contributed by atoms with E-state index in [1.54, 1.807) is 0 Å². The van der Waals surface area contributed by atoms with Gasteiger partial charge in [-0.1, -0.05) is 0 Å². The van der Waals surface area contributed by atoms with E-state index in [1.165, 1.54) is 12.2 Å². The number of ether oxygens (including phenoxy) is 1. The van der Waals surface area contributed by atoms with Gasteiger partial charge >= 0.3 is 17.8 Å². The van der Waals surface area contributed by atoms with Gasteiger partial charge in [-0.2, -0.15) is 13.2 Å². The van der Waals surface area contributed by atoms with Gasteiger partial charge in [0, 0.05) is 12.6 Å². The molecule has 5 nitrogen and oxygen atoms in total. The number of hydrogen-bond donors (Lipinski definition) is 2. The van der Waals surface area contributed by atoms with Crippen molar-refractivity contribution in [3.8, 4) is 0 Å². The highest BCUT2D eigenvalue weighted by molar-refractivity contribution is 5.90.